The fourth-order valence-electron chi connectivity index (χ4n) is 1.83. The Morgan fingerprint density at radius 2 is 2.05 bits per heavy atom. The fraction of sp³-hybridized carbons (Fsp3) is 0.333. The molecule has 21 heavy (non-hydrogen) atoms. The Labute approximate surface area is 135 Å². The molecule has 0 aliphatic rings. The van der Waals surface area contributed by atoms with Crippen molar-refractivity contribution in [2.75, 3.05) is 6.54 Å². The molecule has 2 rings (SSSR count). The van der Waals surface area contributed by atoms with Crippen LogP contribution in [0.2, 0.25) is 0 Å². The number of carbonyl (C=O) groups is 1. The van der Waals surface area contributed by atoms with Crippen LogP contribution in [0.25, 0.3) is 11.3 Å². The second-order valence-electron chi connectivity index (χ2n) is 4.78. The van der Waals surface area contributed by atoms with E-state index in [2.05, 4.69) is 39.9 Å². The van der Waals surface area contributed by atoms with Crippen LogP contribution in [-0.2, 0) is 11.2 Å². The maximum absolute atomic E-state index is 11.3. The third-order valence-electron chi connectivity index (χ3n) is 3.00. The number of hydrogen-bond acceptors (Lipinski definition) is 4. The predicted octanol–water partition coefficient (Wildman–Crippen LogP) is 2.55. The molecule has 4 nitrogen and oxygen atoms in total. The van der Waals surface area contributed by atoms with Gasteiger partial charge in [0.15, 0.2) is 0 Å². The highest BCUT2D eigenvalue weighted by Gasteiger charge is 2.06. The highest BCUT2D eigenvalue weighted by atomic mass is 35.5. The van der Waals surface area contributed by atoms with Gasteiger partial charge in [-0.05, 0) is 25.8 Å². The minimum absolute atomic E-state index is 0. The lowest BCUT2D eigenvalue weighted by Gasteiger charge is -2.07. The molecule has 6 heteroatoms. The van der Waals surface area contributed by atoms with Crippen LogP contribution in [0.15, 0.2) is 29.6 Å². The molecular weight excluding hydrogens is 306 g/mol. The van der Waals surface area contributed by atoms with Gasteiger partial charge in [0.2, 0.25) is 5.91 Å². The maximum atomic E-state index is 11.3. The van der Waals surface area contributed by atoms with Crippen LogP contribution < -0.4 is 11.1 Å². The number of nitrogens with one attached hydrogen (secondary N) is 1. The molecule has 1 amide bonds. The van der Waals surface area contributed by atoms with Crippen LogP contribution >= 0.6 is 23.7 Å². The Kier molecular flexibility index (Phi) is 6.81. The van der Waals surface area contributed by atoms with E-state index in [0.29, 0.717) is 6.54 Å². The van der Waals surface area contributed by atoms with Crippen LogP contribution in [-0.4, -0.2) is 23.5 Å². The van der Waals surface area contributed by atoms with Gasteiger partial charge in [-0.2, -0.15) is 0 Å². The number of aryl methyl sites for hydroxylation is 1. The molecule has 0 saturated carbocycles. The molecule has 2 aromatic rings. The van der Waals surface area contributed by atoms with Crippen molar-refractivity contribution in [3.8, 4) is 11.3 Å². The number of nitrogens with two attached hydrogens (primary N) is 1. The van der Waals surface area contributed by atoms with E-state index in [9.17, 15) is 4.79 Å². The zero-order valence-electron chi connectivity index (χ0n) is 12.1. The van der Waals surface area contributed by atoms with Gasteiger partial charge >= 0.3 is 0 Å². The minimum Gasteiger partial charge on any atom is -0.354 e. The van der Waals surface area contributed by atoms with E-state index in [1.807, 2.05) is 6.92 Å². The third kappa shape index (κ3) is 5.12. The number of carbonyl (C=O) groups excluding carboxylic acids is 1. The molecule has 0 bridgehead atoms. The van der Waals surface area contributed by atoms with Gasteiger partial charge in [0, 0.05) is 17.5 Å². The topological polar surface area (TPSA) is 68.0 Å². The summed E-state index contributed by atoms with van der Waals surface area (Å²) in [5.41, 5.74) is 8.81. The average Bonchev–Trinajstić information content (AvgIpc) is 2.86. The SMILES string of the molecule is Cc1nc(-c2ccc(CCNC(=O)C(C)N)cc2)cs1.Cl. The van der Waals surface area contributed by atoms with Crippen molar-refractivity contribution in [3.63, 3.8) is 0 Å². The summed E-state index contributed by atoms with van der Waals surface area (Å²) in [4.78, 5) is 15.8. The normalized spacial score (nSPS) is 11.6. The molecule has 0 saturated heterocycles. The van der Waals surface area contributed by atoms with Gasteiger partial charge in [-0.1, -0.05) is 24.3 Å². The van der Waals surface area contributed by atoms with E-state index in [-0.39, 0.29) is 18.3 Å². The summed E-state index contributed by atoms with van der Waals surface area (Å²) >= 11 is 1.65. The molecule has 0 spiro atoms. The fourth-order valence-corrected chi connectivity index (χ4v) is 2.45. The van der Waals surface area contributed by atoms with E-state index in [1.54, 1.807) is 18.3 Å². The zero-order chi connectivity index (χ0) is 14.5. The van der Waals surface area contributed by atoms with E-state index in [0.717, 1.165) is 22.7 Å². The molecule has 114 valence electrons. The summed E-state index contributed by atoms with van der Waals surface area (Å²) in [6, 6.07) is 7.82. The van der Waals surface area contributed by atoms with Crippen LogP contribution in [0.1, 0.15) is 17.5 Å². The number of rotatable bonds is 5. The Hall–Kier alpha value is -1.43. The van der Waals surface area contributed by atoms with Crippen molar-refractivity contribution < 1.29 is 4.79 Å². The van der Waals surface area contributed by atoms with E-state index >= 15 is 0 Å². The summed E-state index contributed by atoms with van der Waals surface area (Å²) < 4.78 is 0. The molecule has 1 aromatic heterocycles. The predicted molar refractivity (Wildman–Crippen MR) is 89.9 cm³/mol. The summed E-state index contributed by atoms with van der Waals surface area (Å²) in [5.74, 6) is -0.112. The lowest BCUT2D eigenvalue weighted by molar-refractivity contribution is -0.121. The molecule has 0 radical (unpaired) electrons. The number of thiazole rings is 1. The molecule has 0 aliphatic heterocycles. The molecule has 3 N–H and O–H groups in total. The van der Waals surface area contributed by atoms with Gasteiger partial charge in [0.05, 0.1) is 16.7 Å². The Bertz CT molecular complexity index is 581. The van der Waals surface area contributed by atoms with Gasteiger partial charge in [0.1, 0.15) is 0 Å². The van der Waals surface area contributed by atoms with Crippen molar-refractivity contribution >= 4 is 29.7 Å². The minimum atomic E-state index is -0.453. The van der Waals surface area contributed by atoms with E-state index in [1.165, 1.54) is 5.56 Å². The lowest BCUT2D eigenvalue weighted by Crippen LogP contribution is -2.39. The third-order valence-corrected chi connectivity index (χ3v) is 3.77. The number of amides is 1. The van der Waals surface area contributed by atoms with Crippen molar-refractivity contribution in [1.82, 2.24) is 10.3 Å². The van der Waals surface area contributed by atoms with Crippen LogP contribution in [0, 0.1) is 6.92 Å². The molecule has 1 heterocycles. The van der Waals surface area contributed by atoms with Crippen LogP contribution in [0.4, 0.5) is 0 Å². The summed E-state index contributed by atoms with van der Waals surface area (Å²) in [6.07, 6.45) is 0.800. The summed E-state index contributed by atoms with van der Waals surface area (Å²) in [6.45, 7) is 4.29. The average molecular weight is 326 g/mol. The van der Waals surface area contributed by atoms with Gasteiger partial charge in [-0.3, -0.25) is 4.79 Å². The summed E-state index contributed by atoms with van der Waals surface area (Å²) in [5, 5.41) is 5.94. The highest BCUT2D eigenvalue weighted by Crippen LogP contribution is 2.21. The first-order chi connectivity index (χ1) is 9.56. The van der Waals surface area contributed by atoms with Crippen molar-refractivity contribution in [3.05, 3.63) is 40.2 Å². The van der Waals surface area contributed by atoms with Gasteiger partial charge < -0.3 is 11.1 Å². The smallest absolute Gasteiger partial charge is 0.236 e. The Morgan fingerprint density at radius 3 is 2.57 bits per heavy atom. The molecule has 0 fully saturated rings. The Morgan fingerprint density at radius 1 is 1.38 bits per heavy atom. The first kappa shape index (κ1) is 17.6. The molecular formula is C15H20ClN3OS. The quantitative estimate of drug-likeness (QED) is 0.887. The number of halogens is 1. The number of hydrogen-bond donors (Lipinski definition) is 2. The van der Waals surface area contributed by atoms with Crippen molar-refractivity contribution in [2.45, 2.75) is 26.3 Å². The van der Waals surface area contributed by atoms with Gasteiger partial charge in [-0.15, -0.1) is 23.7 Å². The number of benzene rings is 1. The van der Waals surface area contributed by atoms with E-state index < -0.39 is 6.04 Å². The monoisotopic (exact) mass is 325 g/mol. The second kappa shape index (κ2) is 8.12. The van der Waals surface area contributed by atoms with Crippen LogP contribution in [0.3, 0.4) is 0 Å². The van der Waals surface area contributed by atoms with E-state index in [4.69, 9.17) is 5.73 Å². The van der Waals surface area contributed by atoms with Gasteiger partial charge in [-0.25, -0.2) is 4.98 Å². The highest BCUT2D eigenvalue weighted by molar-refractivity contribution is 7.09. The number of nitrogens with zero attached hydrogens (tertiary/aromatic N) is 1. The summed E-state index contributed by atoms with van der Waals surface area (Å²) in [7, 11) is 0. The first-order valence-electron chi connectivity index (χ1n) is 6.61. The molecule has 1 unspecified atom stereocenters. The zero-order valence-corrected chi connectivity index (χ0v) is 13.8. The first-order valence-corrected chi connectivity index (χ1v) is 7.49. The number of aromatic nitrogens is 1. The molecule has 0 aliphatic carbocycles. The molecule has 1 aromatic carbocycles. The largest absolute Gasteiger partial charge is 0.354 e. The van der Waals surface area contributed by atoms with Crippen LogP contribution in [0.5, 0.6) is 0 Å². The van der Waals surface area contributed by atoms with Crippen molar-refractivity contribution in [1.29, 1.82) is 0 Å². The molecule has 1 atom stereocenters. The van der Waals surface area contributed by atoms with Gasteiger partial charge in [0.25, 0.3) is 0 Å². The maximum Gasteiger partial charge on any atom is 0.236 e. The standard InChI is InChI=1S/C15H19N3OS.ClH/c1-10(16)15(19)17-8-7-12-3-5-13(6-4-12)14-9-20-11(2)18-14;/h3-6,9-10H,7-8,16H2,1-2H3,(H,17,19);1H. The van der Waals surface area contributed by atoms with Crippen molar-refractivity contribution in [2.24, 2.45) is 5.73 Å². The second-order valence-corrected chi connectivity index (χ2v) is 5.84. The Balaban J connectivity index is 0.00000220. The lowest BCUT2D eigenvalue weighted by atomic mass is 10.1.